The highest BCUT2D eigenvalue weighted by molar-refractivity contribution is 7.11. The second kappa shape index (κ2) is 19.5. The minimum Gasteiger partial charge on any atom is -0.462 e. The highest BCUT2D eigenvalue weighted by Gasteiger charge is 2.62. The summed E-state index contributed by atoms with van der Waals surface area (Å²) in [5, 5.41) is 1.96. The van der Waals surface area contributed by atoms with Gasteiger partial charge in [-0.15, -0.1) is 11.3 Å². The monoisotopic (exact) mass is 883 g/mol. The average molecular weight is 884 g/mol. The van der Waals surface area contributed by atoms with Gasteiger partial charge in [-0.05, 0) is 114 Å². The van der Waals surface area contributed by atoms with E-state index in [0.717, 1.165) is 24.1 Å². The van der Waals surface area contributed by atoms with E-state index in [-0.39, 0.29) is 90.4 Å². The molecular weight excluding hydrogens is 815 g/mol. The Labute approximate surface area is 371 Å². The summed E-state index contributed by atoms with van der Waals surface area (Å²) in [7, 11) is 9.07. The molecule has 14 heteroatoms. The quantitative estimate of drug-likeness (QED) is 0.233. The Bertz CT molecular complexity index is 1800. The minimum absolute atomic E-state index is 0.0141. The van der Waals surface area contributed by atoms with Gasteiger partial charge in [0.05, 0.1) is 36.4 Å². The van der Waals surface area contributed by atoms with Crippen molar-refractivity contribution in [3.8, 4) is 0 Å². The van der Waals surface area contributed by atoms with Crippen molar-refractivity contribution >= 4 is 34.6 Å². The van der Waals surface area contributed by atoms with Crippen molar-refractivity contribution in [1.29, 1.82) is 0 Å². The third-order valence-corrected chi connectivity index (χ3v) is 16.4. The number of ketones is 1. The van der Waals surface area contributed by atoms with Gasteiger partial charge in [-0.2, -0.15) is 0 Å². The third-order valence-electron chi connectivity index (χ3n) is 15.5. The van der Waals surface area contributed by atoms with Crippen LogP contribution in [0.4, 0.5) is 0 Å². The van der Waals surface area contributed by atoms with Crippen molar-refractivity contribution in [3.63, 3.8) is 0 Å². The zero-order valence-electron chi connectivity index (χ0n) is 38.0. The number of methoxy groups -OCH3 is 3. The van der Waals surface area contributed by atoms with E-state index in [9.17, 15) is 9.59 Å². The molecule has 5 fully saturated rings. The van der Waals surface area contributed by atoms with E-state index in [2.05, 4.69) is 38.1 Å². The average Bonchev–Trinajstić information content (AvgIpc) is 4.01. The van der Waals surface area contributed by atoms with Crippen molar-refractivity contribution < 1.29 is 57.0 Å². The Hall–Kier alpha value is -2.53. The minimum atomic E-state index is -0.702. The third kappa shape index (κ3) is 8.90. The van der Waals surface area contributed by atoms with Crippen LogP contribution in [0.15, 0.2) is 35.2 Å². The predicted octanol–water partition coefficient (Wildman–Crippen LogP) is 6.62. The number of nitrogens with zero attached hydrogens (tertiary/aromatic N) is 1. The number of likely N-dealkylation sites (N-methyl/N-ethyl adjacent to an activating group) is 1. The van der Waals surface area contributed by atoms with Crippen LogP contribution in [0, 0.1) is 41.4 Å². The van der Waals surface area contributed by atoms with E-state index in [1.54, 1.807) is 21.3 Å². The molecule has 5 heterocycles. The lowest BCUT2D eigenvalue weighted by atomic mass is 9.59. The molecule has 7 aliphatic rings. The molecule has 0 amide bonds. The normalized spacial score (nSPS) is 43.8. The molecular formula is C48H69NO12S. The summed E-state index contributed by atoms with van der Waals surface area (Å²) in [6.07, 6.45) is 6.02. The molecule has 2 saturated carbocycles. The van der Waals surface area contributed by atoms with Crippen molar-refractivity contribution in [2.24, 2.45) is 41.4 Å². The lowest BCUT2D eigenvalue weighted by Gasteiger charge is -2.49. The first-order valence-electron chi connectivity index (χ1n) is 23.1. The van der Waals surface area contributed by atoms with Gasteiger partial charge < -0.3 is 47.5 Å². The smallest absolute Gasteiger partial charge is 0.339 e. The summed E-state index contributed by atoms with van der Waals surface area (Å²) < 4.78 is 57.0. The van der Waals surface area contributed by atoms with Crippen LogP contribution >= 0.6 is 11.3 Å². The van der Waals surface area contributed by atoms with Crippen LogP contribution in [0.2, 0.25) is 0 Å². The number of cyclic esters (lactones) is 1. The van der Waals surface area contributed by atoms with Gasteiger partial charge >= 0.3 is 11.9 Å². The number of hydrogen-bond acceptors (Lipinski definition) is 14. The number of carbonyl (C=O) groups excluding carboxylic acids is 3. The Kier molecular flexibility index (Phi) is 14.5. The number of ether oxygens (including phenoxy) is 9. The maximum absolute atomic E-state index is 15.2. The van der Waals surface area contributed by atoms with Gasteiger partial charge in [0.2, 0.25) is 0 Å². The predicted molar refractivity (Wildman–Crippen MR) is 231 cm³/mol. The van der Waals surface area contributed by atoms with Gasteiger partial charge in [-0.1, -0.05) is 32.1 Å². The maximum Gasteiger partial charge on any atom is 0.339 e. The number of rotatable bonds is 10. The van der Waals surface area contributed by atoms with E-state index >= 15 is 4.79 Å². The summed E-state index contributed by atoms with van der Waals surface area (Å²) in [4.78, 5) is 46.3. The zero-order valence-corrected chi connectivity index (χ0v) is 38.8. The molecule has 4 aliphatic heterocycles. The molecule has 19 atom stereocenters. The van der Waals surface area contributed by atoms with Crippen LogP contribution in [0.5, 0.6) is 0 Å². The number of fused-ring (bicyclic) bond motifs is 8. The Morgan fingerprint density at radius 1 is 0.823 bits per heavy atom. The van der Waals surface area contributed by atoms with Gasteiger partial charge in [0.1, 0.15) is 30.5 Å². The van der Waals surface area contributed by atoms with E-state index in [4.69, 9.17) is 42.6 Å². The number of thiophene rings is 1. The van der Waals surface area contributed by atoms with E-state index in [1.165, 1.54) is 11.3 Å². The van der Waals surface area contributed by atoms with Gasteiger partial charge in [-0.25, -0.2) is 4.79 Å². The Morgan fingerprint density at radius 3 is 2.23 bits per heavy atom. The molecule has 1 aromatic rings. The first-order chi connectivity index (χ1) is 29.8. The molecule has 62 heavy (non-hydrogen) atoms. The van der Waals surface area contributed by atoms with Gasteiger partial charge in [0.15, 0.2) is 18.4 Å². The molecule has 0 spiro atoms. The van der Waals surface area contributed by atoms with Crippen LogP contribution in [-0.2, 0) is 57.0 Å². The first-order valence-corrected chi connectivity index (χ1v) is 24.0. The standard InChI is InChI=1S/C48H69NO12S/c1-10-27-13-11-14-37(60-40-17-16-36(49(5)6)25(3)56-40)24(2)42(51)33-21-31-29-19-28(59-48-46(55-9)45(54-8)43(53-7)26(4)57-48)20-30(29)34-22-35(38-15-12-18-62-38)47(52)61-44(34)41(31)32(33)23-39(50)58-27/h12,15,18,21-22,24-32,34,36-37,40-41,43-46,48H,10-11,13-14,16-17,19-20,23H2,1-9H3/t24-,25-,26+,27+,28+,29-,30-,31+,32-,34?,36+,37+,40+,41-,43+,44?,45-,46-,48+/m1/s1. The lowest BCUT2D eigenvalue weighted by molar-refractivity contribution is -0.314. The summed E-state index contributed by atoms with van der Waals surface area (Å²) in [6, 6.07) is 4.19. The summed E-state index contributed by atoms with van der Waals surface area (Å²) >= 11 is 1.51. The molecule has 13 nitrogen and oxygen atoms in total. The molecule has 2 unspecified atom stereocenters. The lowest BCUT2D eigenvalue weighted by Crippen LogP contribution is -2.59. The van der Waals surface area contributed by atoms with Crippen LogP contribution in [0.25, 0.3) is 5.57 Å². The van der Waals surface area contributed by atoms with Crippen molar-refractivity contribution in [1.82, 2.24) is 4.90 Å². The fourth-order valence-electron chi connectivity index (χ4n) is 12.5. The second-order valence-corrected chi connectivity index (χ2v) is 20.1. The van der Waals surface area contributed by atoms with Crippen LogP contribution in [0.1, 0.15) is 90.4 Å². The molecule has 3 saturated heterocycles. The zero-order chi connectivity index (χ0) is 44.0. The van der Waals surface area contributed by atoms with Crippen molar-refractivity contribution in [2.45, 2.75) is 159 Å². The fraction of sp³-hybridized carbons (Fsp3) is 0.771. The molecule has 1 aromatic heterocycles. The Balaban J connectivity index is 1.13. The molecule has 344 valence electrons. The largest absolute Gasteiger partial charge is 0.462 e. The number of esters is 2. The molecule has 3 aliphatic carbocycles. The first kappa shape index (κ1) is 46.0. The van der Waals surface area contributed by atoms with Gasteiger partial charge in [0.25, 0.3) is 0 Å². The number of allylic oxidation sites excluding steroid dienone is 2. The number of Topliss-reactive ketones (excluding diaryl/α,β-unsaturated/α-hetero) is 1. The molecule has 0 radical (unpaired) electrons. The van der Waals surface area contributed by atoms with E-state index in [0.29, 0.717) is 49.3 Å². The second-order valence-electron chi connectivity index (χ2n) is 19.1. The molecule has 0 aromatic carbocycles. The highest BCUT2D eigenvalue weighted by Crippen LogP contribution is 2.61. The van der Waals surface area contributed by atoms with E-state index in [1.807, 2.05) is 38.3 Å². The number of hydrogen-bond donors (Lipinski definition) is 0. The van der Waals surface area contributed by atoms with Crippen molar-refractivity contribution in [3.05, 3.63) is 40.1 Å². The summed E-state index contributed by atoms with van der Waals surface area (Å²) in [6.45, 7) is 8.06. The van der Waals surface area contributed by atoms with Gasteiger partial charge in [-0.3, -0.25) is 9.59 Å². The van der Waals surface area contributed by atoms with Crippen molar-refractivity contribution in [2.75, 3.05) is 35.4 Å². The maximum atomic E-state index is 15.2. The van der Waals surface area contributed by atoms with E-state index < -0.39 is 42.7 Å². The summed E-state index contributed by atoms with van der Waals surface area (Å²) in [5.41, 5.74) is 1.19. The van der Waals surface area contributed by atoms with Gasteiger partial charge in [0, 0.05) is 55.9 Å². The SMILES string of the molecule is CC[C@H]1CCC[C@H](O[C@H]2CC[C@H](N(C)C)[C@@H](C)O2)[C@@H](C)C(=O)C2=C[C@H]3[C@@H]4C[C@H](O[C@@H]5O[C@@H](C)[C@H](OC)[C@@H](OC)[C@H]5OC)C[C@H]4C4C=C(c5cccs5)C(=O)OC4[C@H]3[C@@H]2CC(=O)O1. The summed E-state index contributed by atoms with van der Waals surface area (Å²) in [5.74, 6) is -2.18. The molecule has 8 rings (SSSR count). The molecule has 0 bridgehead atoms. The Morgan fingerprint density at radius 2 is 1.56 bits per heavy atom. The van der Waals surface area contributed by atoms with Crippen LogP contribution in [0.3, 0.4) is 0 Å². The number of carbonyl (C=O) groups is 3. The van der Waals surface area contributed by atoms with Crippen LogP contribution in [-0.4, -0.2) is 132 Å². The fourth-order valence-corrected chi connectivity index (χ4v) is 13.2. The topological polar surface area (TPSA) is 138 Å². The molecule has 0 N–H and O–H groups in total. The highest BCUT2D eigenvalue weighted by atomic mass is 32.1. The van der Waals surface area contributed by atoms with Crippen LogP contribution < -0.4 is 0 Å².